The summed E-state index contributed by atoms with van der Waals surface area (Å²) in [6.07, 6.45) is 0. The largest absolute Gasteiger partial charge is 0.508 e. The van der Waals surface area contributed by atoms with Gasteiger partial charge in [0.2, 0.25) is 0 Å². The van der Waals surface area contributed by atoms with Crippen LogP contribution in [0.4, 0.5) is 5.69 Å². The first kappa shape index (κ1) is 8.03. The molecule has 0 fully saturated rings. The van der Waals surface area contributed by atoms with Crippen LogP contribution in [-0.2, 0) is 11.3 Å². The van der Waals surface area contributed by atoms with Crippen LogP contribution in [0.15, 0.2) is 24.3 Å². The summed E-state index contributed by atoms with van der Waals surface area (Å²) in [5, 5.41) is 8.91. The van der Waals surface area contributed by atoms with Crippen LogP contribution in [-0.4, -0.2) is 13.9 Å². The van der Waals surface area contributed by atoms with E-state index in [1.165, 1.54) is 12.1 Å². The molecule has 1 aromatic rings. The normalized spacial score (nSPS) is 12.5. The summed E-state index contributed by atoms with van der Waals surface area (Å²) in [4.78, 5) is 0. The molecule has 0 bridgehead atoms. The van der Waals surface area contributed by atoms with Crippen molar-refractivity contribution in [1.29, 1.82) is 0 Å². The first-order valence-corrected chi connectivity index (χ1v) is 3.96. The molecule has 0 aliphatic carbocycles. The van der Waals surface area contributed by atoms with Gasteiger partial charge in [0.05, 0.1) is 5.69 Å². The molecule has 1 rings (SSSR count). The van der Waals surface area contributed by atoms with Crippen molar-refractivity contribution in [3.63, 3.8) is 0 Å². The SMILES string of the molecule is O=S(O)Nc1cccc(O)c1. The highest BCUT2D eigenvalue weighted by Crippen LogP contribution is 2.15. The van der Waals surface area contributed by atoms with Crippen LogP contribution >= 0.6 is 0 Å². The maximum Gasteiger partial charge on any atom is 0.259 e. The number of hydrogen-bond donors (Lipinski definition) is 3. The molecule has 3 N–H and O–H groups in total. The Hall–Kier alpha value is -1.07. The summed E-state index contributed by atoms with van der Waals surface area (Å²) in [7, 11) is 0. The van der Waals surface area contributed by atoms with Crippen LogP contribution in [0.3, 0.4) is 0 Å². The average molecular weight is 173 g/mol. The van der Waals surface area contributed by atoms with E-state index in [-0.39, 0.29) is 5.75 Å². The van der Waals surface area contributed by atoms with E-state index in [1.807, 2.05) is 0 Å². The Morgan fingerprint density at radius 3 is 2.73 bits per heavy atom. The number of aromatic hydroxyl groups is 1. The van der Waals surface area contributed by atoms with Crippen LogP contribution in [0.25, 0.3) is 0 Å². The number of benzene rings is 1. The summed E-state index contributed by atoms with van der Waals surface area (Å²) in [5.41, 5.74) is 0.408. The van der Waals surface area contributed by atoms with Crippen molar-refractivity contribution in [2.45, 2.75) is 0 Å². The lowest BCUT2D eigenvalue weighted by molar-refractivity contribution is 0.475. The molecule has 4 nitrogen and oxygen atoms in total. The van der Waals surface area contributed by atoms with Gasteiger partial charge in [-0.15, -0.1) is 0 Å². The molecular formula is C6H7NO3S. The van der Waals surface area contributed by atoms with Gasteiger partial charge in [0.15, 0.2) is 0 Å². The average Bonchev–Trinajstić information content (AvgIpc) is 1.85. The van der Waals surface area contributed by atoms with Gasteiger partial charge >= 0.3 is 0 Å². The van der Waals surface area contributed by atoms with Crippen molar-refractivity contribution in [1.82, 2.24) is 0 Å². The van der Waals surface area contributed by atoms with E-state index in [4.69, 9.17) is 9.66 Å². The van der Waals surface area contributed by atoms with Crippen molar-refractivity contribution in [2.75, 3.05) is 4.72 Å². The monoisotopic (exact) mass is 173 g/mol. The molecule has 0 aliphatic rings. The van der Waals surface area contributed by atoms with E-state index in [0.717, 1.165) is 0 Å². The summed E-state index contributed by atoms with van der Waals surface area (Å²) >= 11 is -2.09. The Morgan fingerprint density at radius 1 is 1.45 bits per heavy atom. The number of phenolic OH excluding ortho intramolecular Hbond substituents is 1. The zero-order valence-electron chi connectivity index (χ0n) is 5.52. The van der Waals surface area contributed by atoms with E-state index in [0.29, 0.717) is 5.69 Å². The molecule has 1 aromatic carbocycles. The summed E-state index contributed by atoms with van der Waals surface area (Å²) in [5.74, 6) is 0.0560. The Kier molecular flexibility index (Phi) is 2.45. The Morgan fingerprint density at radius 2 is 2.18 bits per heavy atom. The minimum Gasteiger partial charge on any atom is -0.508 e. The minimum atomic E-state index is -2.09. The Bertz CT molecular complexity index is 276. The van der Waals surface area contributed by atoms with Gasteiger partial charge in [0.1, 0.15) is 5.75 Å². The topological polar surface area (TPSA) is 69.6 Å². The minimum absolute atomic E-state index is 0.0560. The highest BCUT2D eigenvalue weighted by atomic mass is 32.2. The standard InChI is InChI=1S/C6H7NO3S/c8-6-3-1-2-5(4-6)7-11(9)10/h1-4,7-8H,(H,9,10). The third-order valence-electron chi connectivity index (χ3n) is 1.05. The maximum absolute atomic E-state index is 10.2. The number of anilines is 1. The molecule has 0 radical (unpaired) electrons. The molecule has 0 aliphatic heterocycles. The lowest BCUT2D eigenvalue weighted by Crippen LogP contribution is -2.00. The number of phenols is 1. The predicted molar refractivity (Wildman–Crippen MR) is 42.5 cm³/mol. The van der Waals surface area contributed by atoms with Gasteiger partial charge in [0.25, 0.3) is 11.3 Å². The highest BCUT2D eigenvalue weighted by molar-refractivity contribution is 7.80. The number of hydrogen-bond acceptors (Lipinski definition) is 2. The van der Waals surface area contributed by atoms with Crippen LogP contribution < -0.4 is 4.72 Å². The molecule has 0 spiro atoms. The zero-order chi connectivity index (χ0) is 8.27. The lowest BCUT2D eigenvalue weighted by atomic mass is 10.3. The molecule has 1 unspecified atom stereocenters. The third-order valence-corrected chi connectivity index (χ3v) is 1.46. The third kappa shape index (κ3) is 2.57. The molecule has 11 heavy (non-hydrogen) atoms. The fourth-order valence-corrected chi connectivity index (χ4v) is 0.999. The van der Waals surface area contributed by atoms with E-state index in [2.05, 4.69) is 4.72 Å². The number of nitrogens with one attached hydrogen (secondary N) is 1. The van der Waals surface area contributed by atoms with Gasteiger partial charge in [0, 0.05) is 6.07 Å². The second-order valence-electron chi connectivity index (χ2n) is 1.90. The first-order chi connectivity index (χ1) is 5.18. The van der Waals surface area contributed by atoms with Crippen LogP contribution in [0, 0.1) is 0 Å². The molecule has 0 saturated carbocycles. The molecular weight excluding hydrogens is 166 g/mol. The molecule has 60 valence electrons. The molecule has 1 atom stereocenters. The van der Waals surface area contributed by atoms with Gasteiger partial charge in [-0.2, -0.15) is 0 Å². The summed E-state index contributed by atoms with van der Waals surface area (Å²) < 4.78 is 20.8. The highest BCUT2D eigenvalue weighted by Gasteiger charge is 1.94. The van der Waals surface area contributed by atoms with Crippen LogP contribution in [0.5, 0.6) is 5.75 Å². The molecule has 0 heterocycles. The van der Waals surface area contributed by atoms with Crippen molar-refractivity contribution < 1.29 is 13.9 Å². The van der Waals surface area contributed by atoms with Gasteiger partial charge in [-0.3, -0.25) is 9.27 Å². The fraction of sp³-hybridized carbons (Fsp3) is 0. The quantitative estimate of drug-likeness (QED) is 0.583. The fourth-order valence-electron chi connectivity index (χ4n) is 0.670. The van der Waals surface area contributed by atoms with Gasteiger partial charge in [-0.05, 0) is 12.1 Å². The lowest BCUT2D eigenvalue weighted by Gasteiger charge is -1.99. The summed E-state index contributed by atoms with van der Waals surface area (Å²) in [6.45, 7) is 0. The van der Waals surface area contributed by atoms with E-state index < -0.39 is 11.3 Å². The molecule has 0 saturated heterocycles. The van der Waals surface area contributed by atoms with Crippen molar-refractivity contribution in [2.24, 2.45) is 0 Å². The van der Waals surface area contributed by atoms with E-state index in [1.54, 1.807) is 12.1 Å². The van der Waals surface area contributed by atoms with Crippen LogP contribution in [0.1, 0.15) is 0 Å². The predicted octanol–water partition coefficient (Wildman–Crippen LogP) is 0.941. The Labute approximate surface area is 66.3 Å². The van der Waals surface area contributed by atoms with Crippen molar-refractivity contribution >= 4 is 17.0 Å². The second kappa shape index (κ2) is 3.36. The van der Waals surface area contributed by atoms with E-state index >= 15 is 0 Å². The van der Waals surface area contributed by atoms with Crippen molar-refractivity contribution in [3.05, 3.63) is 24.3 Å². The second-order valence-corrected chi connectivity index (χ2v) is 2.60. The smallest absolute Gasteiger partial charge is 0.259 e. The van der Waals surface area contributed by atoms with Crippen LogP contribution in [0.2, 0.25) is 0 Å². The first-order valence-electron chi connectivity index (χ1n) is 2.85. The molecule has 0 aromatic heterocycles. The molecule has 5 heteroatoms. The Balaban J connectivity index is 2.79. The van der Waals surface area contributed by atoms with Crippen molar-refractivity contribution in [3.8, 4) is 5.75 Å². The van der Waals surface area contributed by atoms with Gasteiger partial charge < -0.3 is 5.11 Å². The maximum atomic E-state index is 10.2. The van der Waals surface area contributed by atoms with Gasteiger partial charge in [-0.25, -0.2) is 4.21 Å². The molecule has 0 amide bonds. The summed E-state index contributed by atoms with van der Waals surface area (Å²) in [6, 6.07) is 5.98. The van der Waals surface area contributed by atoms with E-state index in [9.17, 15) is 4.21 Å². The van der Waals surface area contributed by atoms with Gasteiger partial charge in [-0.1, -0.05) is 6.07 Å². The number of rotatable bonds is 2. The zero-order valence-corrected chi connectivity index (χ0v) is 6.34.